The van der Waals surface area contributed by atoms with E-state index in [9.17, 15) is 14.0 Å². The van der Waals surface area contributed by atoms with Gasteiger partial charge in [0.1, 0.15) is 5.82 Å². The predicted molar refractivity (Wildman–Crippen MR) is 73.3 cm³/mol. The average molecular weight is 284 g/mol. The van der Waals surface area contributed by atoms with Crippen LogP contribution in [0.3, 0.4) is 0 Å². The van der Waals surface area contributed by atoms with E-state index in [4.69, 9.17) is 10.8 Å². The van der Waals surface area contributed by atoms with Crippen molar-refractivity contribution in [1.82, 2.24) is 10.2 Å². The number of nitrogens with zero attached hydrogens (tertiary/aromatic N) is 1. The molecule has 0 saturated heterocycles. The van der Waals surface area contributed by atoms with E-state index in [1.165, 1.54) is 4.90 Å². The van der Waals surface area contributed by atoms with Crippen LogP contribution in [0.5, 0.6) is 0 Å². The molecule has 2 amide bonds. The lowest BCUT2D eigenvalue weighted by Gasteiger charge is -2.13. The Morgan fingerprint density at radius 1 is 1.35 bits per heavy atom. The summed E-state index contributed by atoms with van der Waals surface area (Å²) in [7, 11) is 3.20. The molecule has 0 aliphatic heterocycles. The van der Waals surface area contributed by atoms with E-state index in [-0.39, 0.29) is 36.1 Å². The summed E-state index contributed by atoms with van der Waals surface area (Å²) in [6.45, 7) is 0.517. The van der Waals surface area contributed by atoms with Crippen LogP contribution in [0.15, 0.2) is 12.1 Å². The summed E-state index contributed by atoms with van der Waals surface area (Å²) in [4.78, 5) is 23.5. The van der Waals surface area contributed by atoms with Crippen molar-refractivity contribution in [2.45, 2.75) is 0 Å². The van der Waals surface area contributed by atoms with Crippen LogP contribution >= 0.6 is 0 Å². The quantitative estimate of drug-likeness (QED) is 0.472. The largest absolute Gasteiger partial charge is 0.478 e. The topological polar surface area (TPSA) is 108 Å². The number of benzene rings is 1. The highest BCUT2D eigenvalue weighted by Gasteiger charge is 2.13. The first-order valence-corrected chi connectivity index (χ1v) is 5.84. The van der Waals surface area contributed by atoms with Gasteiger partial charge < -0.3 is 26.4 Å². The summed E-state index contributed by atoms with van der Waals surface area (Å²) in [5.41, 5.74) is 5.12. The molecular formula is C12H17FN4O3. The van der Waals surface area contributed by atoms with Gasteiger partial charge in [-0.25, -0.2) is 14.0 Å². The van der Waals surface area contributed by atoms with E-state index in [1.807, 2.05) is 0 Å². The van der Waals surface area contributed by atoms with Crippen molar-refractivity contribution in [3.63, 3.8) is 0 Å². The Morgan fingerprint density at radius 3 is 2.55 bits per heavy atom. The monoisotopic (exact) mass is 284 g/mol. The minimum Gasteiger partial charge on any atom is -0.478 e. The molecule has 20 heavy (non-hydrogen) atoms. The van der Waals surface area contributed by atoms with Crippen LogP contribution in [0.4, 0.5) is 20.6 Å². The number of hydrogen-bond acceptors (Lipinski definition) is 4. The molecular weight excluding hydrogens is 267 g/mol. The molecule has 0 heterocycles. The highest BCUT2D eigenvalue weighted by atomic mass is 19.1. The fourth-order valence-electron chi connectivity index (χ4n) is 1.43. The zero-order valence-electron chi connectivity index (χ0n) is 11.2. The number of nitrogen functional groups attached to an aromatic ring is 1. The second kappa shape index (κ2) is 6.60. The van der Waals surface area contributed by atoms with E-state index in [0.29, 0.717) is 0 Å². The van der Waals surface area contributed by atoms with Crippen molar-refractivity contribution in [3.05, 3.63) is 23.5 Å². The molecule has 1 aromatic rings. The van der Waals surface area contributed by atoms with Crippen molar-refractivity contribution >= 4 is 23.4 Å². The lowest BCUT2D eigenvalue weighted by Crippen LogP contribution is -2.37. The summed E-state index contributed by atoms with van der Waals surface area (Å²) in [6.07, 6.45) is 0. The number of carboxylic acids is 1. The third kappa shape index (κ3) is 4.01. The molecule has 0 aliphatic rings. The summed E-state index contributed by atoms with van der Waals surface area (Å²) in [5.74, 6) is -1.88. The Morgan fingerprint density at radius 2 is 2.00 bits per heavy atom. The lowest BCUT2D eigenvalue weighted by atomic mass is 10.1. The van der Waals surface area contributed by atoms with Crippen LogP contribution in [0.1, 0.15) is 10.4 Å². The molecule has 0 aromatic heterocycles. The second-order valence-corrected chi connectivity index (χ2v) is 4.28. The SMILES string of the molecule is CN(C)C(=O)NCCNc1cc(C(=O)O)c(N)cc1F. The van der Waals surface area contributed by atoms with Gasteiger partial charge in [-0.05, 0) is 12.1 Å². The van der Waals surface area contributed by atoms with E-state index < -0.39 is 11.8 Å². The maximum absolute atomic E-state index is 13.6. The van der Waals surface area contributed by atoms with Crippen molar-refractivity contribution < 1.29 is 19.1 Å². The number of halogens is 1. The lowest BCUT2D eigenvalue weighted by molar-refractivity contribution is 0.0698. The van der Waals surface area contributed by atoms with Gasteiger partial charge >= 0.3 is 12.0 Å². The number of carbonyl (C=O) groups excluding carboxylic acids is 1. The fraction of sp³-hybridized carbons (Fsp3) is 0.333. The summed E-state index contributed by atoms with van der Waals surface area (Å²) in [6, 6.07) is 1.81. The number of aromatic carboxylic acids is 1. The molecule has 5 N–H and O–H groups in total. The number of amides is 2. The summed E-state index contributed by atoms with van der Waals surface area (Å²) >= 11 is 0. The molecule has 0 saturated carbocycles. The van der Waals surface area contributed by atoms with Crippen LogP contribution in [-0.2, 0) is 0 Å². The molecule has 0 bridgehead atoms. The van der Waals surface area contributed by atoms with Crippen molar-refractivity contribution in [2.75, 3.05) is 38.2 Å². The van der Waals surface area contributed by atoms with Crippen molar-refractivity contribution in [3.8, 4) is 0 Å². The van der Waals surface area contributed by atoms with Crippen LogP contribution in [-0.4, -0.2) is 49.2 Å². The molecule has 0 radical (unpaired) electrons. The minimum atomic E-state index is -1.23. The number of anilines is 2. The smallest absolute Gasteiger partial charge is 0.337 e. The van der Waals surface area contributed by atoms with Crippen LogP contribution in [0, 0.1) is 5.82 Å². The number of rotatable bonds is 5. The standard InChI is InChI=1S/C12H17FN4O3/c1-17(2)12(20)16-4-3-15-10-5-7(11(18)19)9(14)6-8(10)13/h5-6,15H,3-4,14H2,1-2H3,(H,16,20)(H,18,19). The first-order chi connectivity index (χ1) is 9.32. The van der Waals surface area contributed by atoms with E-state index in [1.54, 1.807) is 14.1 Å². The van der Waals surface area contributed by atoms with Crippen LogP contribution in [0.25, 0.3) is 0 Å². The number of carboxylic acid groups (broad SMARTS) is 1. The number of nitrogens with two attached hydrogens (primary N) is 1. The zero-order chi connectivity index (χ0) is 15.3. The van der Waals surface area contributed by atoms with Gasteiger partial charge in [0.05, 0.1) is 11.3 Å². The minimum absolute atomic E-state index is 0.0238. The molecule has 1 rings (SSSR count). The molecule has 110 valence electrons. The third-order valence-electron chi connectivity index (χ3n) is 2.49. The van der Waals surface area contributed by atoms with Crippen LogP contribution in [0.2, 0.25) is 0 Å². The Hall–Kier alpha value is -2.51. The van der Waals surface area contributed by atoms with E-state index in [0.717, 1.165) is 12.1 Å². The Labute approximate surface area is 115 Å². The highest BCUT2D eigenvalue weighted by Crippen LogP contribution is 2.21. The first kappa shape index (κ1) is 15.5. The Balaban J connectivity index is 2.62. The number of hydrogen-bond donors (Lipinski definition) is 4. The summed E-state index contributed by atoms with van der Waals surface area (Å²) < 4.78 is 13.6. The van der Waals surface area contributed by atoms with Gasteiger partial charge in [0, 0.05) is 32.9 Å². The van der Waals surface area contributed by atoms with Crippen molar-refractivity contribution in [2.24, 2.45) is 0 Å². The third-order valence-corrected chi connectivity index (χ3v) is 2.49. The van der Waals surface area contributed by atoms with E-state index >= 15 is 0 Å². The average Bonchev–Trinajstić information content (AvgIpc) is 2.35. The zero-order valence-corrected chi connectivity index (χ0v) is 11.2. The molecule has 0 atom stereocenters. The second-order valence-electron chi connectivity index (χ2n) is 4.28. The predicted octanol–water partition coefficient (Wildman–Crippen LogP) is 0.789. The normalized spacial score (nSPS) is 9.95. The molecule has 0 aliphatic carbocycles. The van der Waals surface area contributed by atoms with Gasteiger partial charge in [0.15, 0.2) is 0 Å². The molecule has 0 unspecified atom stereocenters. The van der Waals surface area contributed by atoms with Gasteiger partial charge in [0.2, 0.25) is 0 Å². The highest BCUT2D eigenvalue weighted by molar-refractivity contribution is 5.94. The number of nitrogens with one attached hydrogen (secondary N) is 2. The van der Waals surface area contributed by atoms with Crippen molar-refractivity contribution in [1.29, 1.82) is 0 Å². The molecule has 8 heteroatoms. The Bertz CT molecular complexity index is 520. The number of urea groups is 1. The Kier molecular flexibility index (Phi) is 5.13. The van der Waals surface area contributed by atoms with E-state index in [2.05, 4.69) is 10.6 Å². The van der Waals surface area contributed by atoms with Gasteiger partial charge in [-0.2, -0.15) is 0 Å². The van der Waals surface area contributed by atoms with Gasteiger partial charge in [-0.15, -0.1) is 0 Å². The van der Waals surface area contributed by atoms with Crippen LogP contribution < -0.4 is 16.4 Å². The van der Waals surface area contributed by atoms with Gasteiger partial charge in [0.25, 0.3) is 0 Å². The maximum Gasteiger partial charge on any atom is 0.337 e. The molecule has 1 aromatic carbocycles. The number of carbonyl (C=O) groups is 2. The molecule has 7 nitrogen and oxygen atoms in total. The van der Waals surface area contributed by atoms with Gasteiger partial charge in [-0.3, -0.25) is 0 Å². The first-order valence-electron chi connectivity index (χ1n) is 5.84. The molecule has 0 fully saturated rings. The summed E-state index contributed by atoms with van der Waals surface area (Å²) in [5, 5.41) is 14.2. The fourth-order valence-corrected chi connectivity index (χ4v) is 1.43. The maximum atomic E-state index is 13.6. The molecule has 0 spiro atoms. The van der Waals surface area contributed by atoms with Gasteiger partial charge in [-0.1, -0.05) is 0 Å².